The number of anilines is 1. The van der Waals surface area contributed by atoms with Crippen molar-refractivity contribution in [1.29, 1.82) is 0 Å². The van der Waals surface area contributed by atoms with Gasteiger partial charge in [0, 0.05) is 41.3 Å². The molecule has 4 aliphatic rings. The summed E-state index contributed by atoms with van der Waals surface area (Å²) in [5, 5.41) is 2.55. The van der Waals surface area contributed by atoms with Gasteiger partial charge in [0.1, 0.15) is 35.9 Å². The number of hydrogen-bond acceptors (Lipinski definition) is 8. The maximum Gasteiger partial charge on any atom is 0.410 e. The summed E-state index contributed by atoms with van der Waals surface area (Å²) in [4.78, 5) is 33.7. The average molecular weight is 691 g/mol. The molecule has 4 aliphatic heterocycles. The van der Waals surface area contributed by atoms with Gasteiger partial charge in [-0.2, -0.15) is 9.97 Å². The van der Waals surface area contributed by atoms with Gasteiger partial charge in [0.25, 0.3) is 0 Å². The van der Waals surface area contributed by atoms with Gasteiger partial charge in [-0.25, -0.2) is 13.6 Å². The molecule has 0 saturated carbocycles. The third kappa shape index (κ3) is 5.62. The number of halogens is 3. The third-order valence-corrected chi connectivity index (χ3v) is 11.1. The lowest BCUT2D eigenvalue weighted by atomic mass is 9.95. The van der Waals surface area contributed by atoms with Crippen molar-refractivity contribution in [2.24, 2.45) is 0 Å². The number of ether oxygens (including phenoxy) is 2. The fourth-order valence-electron chi connectivity index (χ4n) is 8.67. The zero-order valence-electron chi connectivity index (χ0n) is 28.1. The van der Waals surface area contributed by atoms with Crippen molar-refractivity contribution in [3.63, 3.8) is 0 Å². The van der Waals surface area contributed by atoms with Crippen molar-refractivity contribution in [3.05, 3.63) is 53.4 Å². The lowest BCUT2D eigenvalue weighted by Crippen LogP contribution is -2.57. The number of piperazine rings is 1. The molecule has 12 heteroatoms. The Morgan fingerprint density at radius 3 is 2.55 bits per heavy atom. The van der Waals surface area contributed by atoms with Gasteiger partial charge in [0.05, 0.1) is 23.0 Å². The molecule has 49 heavy (non-hydrogen) atoms. The van der Waals surface area contributed by atoms with E-state index < -0.39 is 11.4 Å². The van der Waals surface area contributed by atoms with Crippen LogP contribution in [0.1, 0.15) is 59.3 Å². The molecule has 4 atom stereocenters. The molecule has 1 amide bonds. The highest BCUT2D eigenvalue weighted by molar-refractivity contribution is 6.36. The first-order valence-electron chi connectivity index (χ1n) is 17.3. The van der Waals surface area contributed by atoms with Crippen LogP contribution in [0, 0.1) is 5.82 Å². The predicted molar refractivity (Wildman–Crippen MR) is 186 cm³/mol. The van der Waals surface area contributed by atoms with Crippen molar-refractivity contribution in [2.75, 3.05) is 37.8 Å². The van der Waals surface area contributed by atoms with Gasteiger partial charge in [0.15, 0.2) is 5.82 Å². The van der Waals surface area contributed by atoms with Crippen LogP contribution in [0.25, 0.3) is 32.9 Å². The van der Waals surface area contributed by atoms with Crippen molar-refractivity contribution < 1.29 is 23.0 Å². The summed E-state index contributed by atoms with van der Waals surface area (Å²) < 4.78 is 42.9. The molecule has 258 valence electrons. The molecule has 9 nitrogen and oxygen atoms in total. The van der Waals surface area contributed by atoms with E-state index in [9.17, 15) is 9.18 Å². The normalized spacial score (nSPS) is 25.4. The number of carbonyl (C=O) groups is 1. The van der Waals surface area contributed by atoms with Crippen molar-refractivity contribution in [1.82, 2.24) is 24.8 Å². The van der Waals surface area contributed by atoms with Gasteiger partial charge in [-0.1, -0.05) is 41.9 Å². The number of benzene rings is 2. The summed E-state index contributed by atoms with van der Waals surface area (Å²) >= 11 is 6.64. The first-order chi connectivity index (χ1) is 23.5. The molecular formula is C37H41ClF2N6O3. The summed E-state index contributed by atoms with van der Waals surface area (Å²) in [5.41, 5.74) is -0.0771. The molecule has 0 spiro atoms. The zero-order valence-corrected chi connectivity index (χ0v) is 28.8. The van der Waals surface area contributed by atoms with Gasteiger partial charge in [-0.15, -0.1) is 0 Å². The number of alkyl halides is 1. The van der Waals surface area contributed by atoms with Gasteiger partial charge >= 0.3 is 12.1 Å². The van der Waals surface area contributed by atoms with E-state index >= 15 is 4.39 Å². The van der Waals surface area contributed by atoms with E-state index in [2.05, 4.69) is 19.8 Å². The number of aromatic nitrogens is 3. The largest absolute Gasteiger partial charge is 0.461 e. The molecular weight excluding hydrogens is 650 g/mol. The van der Waals surface area contributed by atoms with E-state index in [4.69, 9.17) is 26.1 Å². The van der Waals surface area contributed by atoms with Crippen LogP contribution >= 0.6 is 11.6 Å². The highest BCUT2D eigenvalue weighted by atomic mass is 35.5. The number of rotatable bonds is 6. The number of carbonyl (C=O) groups excluding carboxylic acids is 1. The van der Waals surface area contributed by atoms with Crippen LogP contribution in [-0.4, -0.2) is 93.0 Å². The number of amides is 1. The monoisotopic (exact) mass is 690 g/mol. The summed E-state index contributed by atoms with van der Waals surface area (Å²) in [6, 6.07) is 11.0. The summed E-state index contributed by atoms with van der Waals surface area (Å²) in [6.45, 7) is 7.36. The highest BCUT2D eigenvalue weighted by Gasteiger charge is 2.50. The lowest BCUT2D eigenvalue weighted by Gasteiger charge is -2.42. The Labute approximate surface area is 289 Å². The summed E-state index contributed by atoms with van der Waals surface area (Å²) in [6.07, 6.45) is 6.49. The van der Waals surface area contributed by atoms with Crippen LogP contribution < -0.4 is 9.64 Å². The molecule has 2 aromatic heterocycles. The molecule has 0 N–H and O–H groups in total. The second-order valence-corrected chi connectivity index (χ2v) is 15.4. The Hall–Kier alpha value is -3.83. The van der Waals surface area contributed by atoms with Crippen LogP contribution in [-0.2, 0) is 4.74 Å². The molecule has 6 heterocycles. The third-order valence-electron chi connectivity index (χ3n) is 10.8. The van der Waals surface area contributed by atoms with Gasteiger partial charge < -0.3 is 14.4 Å². The number of hydrogen-bond donors (Lipinski definition) is 0. The second-order valence-electron chi connectivity index (χ2n) is 15.0. The van der Waals surface area contributed by atoms with Crippen LogP contribution in [0.3, 0.4) is 0 Å². The summed E-state index contributed by atoms with van der Waals surface area (Å²) in [5.74, 6) is -0.0729. The molecule has 4 aromatic rings. The molecule has 2 bridgehead atoms. The Balaban J connectivity index is 1.19. The SMILES string of the molecule is CC(C)(C)OC(=O)N1C2CCC1CN(c1nc(OCC34CCCN3C(CF)CC4)nc3c(F)c(-c4cccc5cccc(Cl)c45)ncc13)C2. The van der Waals surface area contributed by atoms with E-state index in [1.807, 2.05) is 56.0 Å². The smallest absolute Gasteiger partial charge is 0.410 e. The molecule has 4 fully saturated rings. The maximum atomic E-state index is 16.9. The molecule has 2 aromatic carbocycles. The molecule has 4 saturated heterocycles. The number of nitrogens with zero attached hydrogens (tertiary/aromatic N) is 6. The maximum absolute atomic E-state index is 16.9. The minimum absolute atomic E-state index is 0.0707. The minimum Gasteiger partial charge on any atom is -0.461 e. The Kier molecular flexibility index (Phi) is 8.06. The molecule has 4 unspecified atom stereocenters. The van der Waals surface area contributed by atoms with E-state index in [-0.39, 0.29) is 53.7 Å². The van der Waals surface area contributed by atoms with E-state index in [0.29, 0.717) is 46.9 Å². The minimum atomic E-state index is -0.601. The fraction of sp³-hybridized carbons (Fsp3) is 0.514. The van der Waals surface area contributed by atoms with Gasteiger partial charge in [-0.3, -0.25) is 14.8 Å². The van der Waals surface area contributed by atoms with Crippen LogP contribution in [0.2, 0.25) is 5.02 Å². The molecule has 8 rings (SSSR count). The van der Waals surface area contributed by atoms with E-state index in [1.165, 1.54) is 0 Å². The van der Waals surface area contributed by atoms with Crippen molar-refractivity contribution in [3.8, 4) is 17.3 Å². The lowest BCUT2D eigenvalue weighted by molar-refractivity contribution is 0.0122. The van der Waals surface area contributed by atoms with Crippen LogP contribution in [0.15, 0.2) is 42.6 Å². The predicted octanol–water partition coefficient (Wildman–Crippen LogP) is 7.57. The zero-order chi connectivity index (χ0) is 34.1. The molecule has 0 aliphatic carbocycles. The average Bonchev–Trinajstić information content (AvgIpc) is 3.72. The topological polar surface area (TPSA) is 83.9 Å². The first-order valence-corrected chi connectivity index (χ1v) is 17.7. The van der Waals surface area contributed by atoms with Crippen LogP contribution in [0.5, 0.6) is 6.01 Å². The van der Waals surface area contributed by atoms with Gasteiger partial charge in [0.2, 0.25) is 0 Å². The Morgan fingerprint density at radius 1 is 1.06 bits per heavy atom. The number of pyridine rings is 1. The molecule has 0 radical (unpaired) electrons. The van der Waals surface area contributed by atoms with Gasteiger partial charge in [-0.05, 0) is 77.3 Å². The quantitative estimate of drug-likeness (QED) is 0.205. The second kappa shape index (κ2) is 12.2. The van der Waals surface area contributed by atoms with E-state index in [0.717, 1.165) is 50.5 Å². The first kappa shape index (κ1) is 32.4. The Bertz CT molecular complexity index is 1920. The van der Waals surface area contributed by atoms with Crippen molar-refractivity contribution >= 4 is 45.2 Å². The van der Waals surface area contributed by atoms with Crippen molar-refractivity contribution in [2.45, 2.75) is 88.6 Å². The summed E-state index contributed by atoms with van der Waals surface area (Å²) in [7, 11) is 0. The highest BCUT2D eigenvalue weighted by Crippen LogP contribution is 2.44. The standard InChI is InChI=1S/C37H41ClF2N6O3/c1-36(2,3)49-35(47)46-24-11-12-25(46)20-44(19-24)33-27-18-41-31(26-9-4-7-22-8-5-10-28(38)29(22)26)30(40)32(27)42-34(43-33)48-21-37-14-6-16-45(37)23(17-39)13-15-37/h4-5,7-10,18,23-25H,6,11-17,19-21H2,1-3H3. The number of fused-ring (bicyclic) bond motifs is 5. The van der Waals surface area contributed by atoms with Crippen LogP contribution in [0.4, 0.5) is 19.4 Å². The fourth-order valence-corrected chi connectivity index (χ4v) is 8.96. The Morgan fingerprint density at radius 2 is 1.82 bits per heavy atom. The van der Waals surface area contributed by atoms with E-state index in [1.54, 1.807) is 12.3 Å².